The van der Waals surface area contributed by atoms with E-state index in [2.05, 4.69) is 4.99 Å². The van der Waals surface area contributed by atoms with Crippen molar-refractivity contribution in [3.05, 3.63) is 23.2 Å². The summed E-state index contributed by atoms with van der Waals surface area (Å²) in [6.07, 6.45) is 0. The fourth-order valence-corrected chi connectivity index (χ4v) is 7.22. The molecule has 0 saturated carbocycles. The lowest BCUT2D eigenvalue weighted by molar-refractivity contribution is -0.143. The van der Waals surface area contributed by atoms with E-state index < -0.39 is 34.9 Å². The molecule has 2 atom stereocenters. The van der Waals surface area contributed by atoms with E-state index in [1.807, 2.05) is 0 Å². The molecular weight excluding hydrogens is 432 g/mol. The van der Waals surface area contributed by atoms with Crippen LogP contribution in [-0.2, 0) is 24.2 Å². The number of benzene rings is 1. The highest BCUT2D eigenvalue weighted by Crippen LogP contribution is 2.42. The molecule has 0 unspecified atom stereocenters. The van der Waals surface area contributed by atoms with Gasteiger partial charge < -0.3 is 19.5 Å². The molecular formula is C16H17ClN2O7S2. The highest BCUT2D eigenvalue weighted by Gasteiger charge is 2.49. The number of carboxylic acid groups (broad SMARTS) is 1. The molecule has 9 nitrogen and oxygen atoms in total. The van der Waals surface area contributed by atoms with Crippen LogP contribution in [-0.4, -0.2) is 73.7 Å². The van der Waals surface area contributed by atoms with Crippen LogP contribution >= 0.6 is 23.4 Å². The number of carbonyl (C=O) groups excluding carboxylic acids is 1. The summed E-state index contributed by atoms with van der Waals surface area (Å²) in [5.41, 5.74) is 0.584. The third-order valence-electron chi connectivity index (χ3n) is 4.15. The zero-order valence-corrected chi connectivity index (χ0v) is 17.1. The summed E-state index contributed by atoms with van der Waals surface area (Å²) in [6, 6.07) is 4.59. The highest BCUT2D eigenvalue weighted by molar-refractivity contribution is 8.16. The third-order valence-corrected chi connectivity index (χ3v) is 7.66. The first-order chi connectivity index (χ1) is 13.2. The van der Waals surface area contributed by atoms with Gasteiger partial charge in [0.25, 0.3) is 5.91 Å². The minimum absolute atomic E-state index is 0.00849. The van der Waals surface area contributed by atoms with Crippen LogP contribution < -0.4 is 9.64 Å². The van der Waals surface area contributed by atoms with Gasteiger partial charge in [0, 0.05) is 10.9 Å². The first kappa shape index (κ1) is 20.9. The smallest absolute Gasteiger partial charge is 0.329 e. The van der Waals surface area contributed by atoms with Gasteiger partial charge in [-0.15, -0.1) is 0 Å². The Bertz CT molecular complexity index is 935. The Kier molecular flexibility index (Phi) is 6.18. The van der Waals surface area contributed by atoms with E-state index in [1.165, 1.54) is 18.9 Å². The number of hydrogen-bond acceptors (Lipinski definition) is 7. The predicted octanol–water partition coefficient (Wildman–Crippen LogP) is 1.05. The van der Waals surface area contributed by atoms with Gasteiger partial charge in [0.15, 0.2) is 15.0 Å². The van der Waals surface area contributed by atoms with Crippen LogP contribution in [0.5, 0.6) is 5.75 Å². The van der Waals surface area contributed by atoms with Crippen molar-refractivity contribution in [2.75, 3.05) is 36.7 Å². The number of fused-ring (bicyclic) bond motifs is 1. The number of carboxylic acids is 1. The maximum absolute atomic E-state index is 12.1. The number of aliphatic imine (C=N–C) groups is 1. The van der Waals surface area contributed by atoms with Crippen molar-refractivity contribution in [1.82, 2.24) is 0 Å². The number of nitrogens with zero attached hydrogens (tertiary/aromatic N) is 2. The molecule has 2 saturated heterocycles. The molecule has 1 aromatic rings. The number of thioether (sulfide) groups is 1. The van der Waals surface area contributed by atoms with Crippen LogP contribution in [0.3, 0.4) is 0 Å². The molecule has 28 heavy (non-hydrogen) atoms. The number of halogens is 1. The van der Waals surface area contributed by atoms with Gasteiger partial charge in [0.1, 0.15) is 19.0 Å². The first-order valence-corrected chi connectivity index (χ1v) is 11.2. The van der Waals surface area contributed by atoms with Crippen LogP contribution in [0.1, 0.15) is 0 Å². The van der Waals surface area contributed by atoms with Gasteiger partial charge in [-0.05, 0) is 18.2 Å². The molecule has 1 aromatic carbocycles. The monoisotopic (exact) mass is 448 g/mol. The topological polar surface area (TPSA) is 123 Å². The van der Waals surface area contributed by atoms with Gasteiger partial charge >= 0.3 is 5.97 Å². The zero-order valence-electron chi connectivity index (χ0n) is 14.7. The van der Waals surface area contributed by atoms with Crippen molar-refractivity contribution in [2.45, 2.75) is 11.3 Å². The summed E-state index contributed by atoms with van der Waals surface area (Å²) < 4.78 is 34.0. The number of hydrogen-bond donors (Lipinski definition) is 1. The normalized spacial score (nSPS) is 24.4. The molecule has 2 aliphatic rings. The Morgan fingerprint density at radius 1 is 1.36 bits per heavy atom. The summed E-state index contributed by atoms with van der Waals surface area (Å²) >= 11 is 7.40. The SMILES string of the molecule is COc1ccc(N2C(=NC(=O)COCC(=O)O)S[C@H]3CS(=O)(=O)C[C@@H]32)cc1Cl. The molecule has 0 spiro atoms. The standard InChI is InChI=1S/C16H17ClN2O7S2/c1-25-12-3-2-9(4-10(12)17)19-11-7-28(23,24)8-13(11)27-16(19)18-14(20)5-26-6-15(21)22/h2-4,11,13H,5-8H2,1H3,(H,21,22)/t11-,13-/m0/s1. The lowest BCUT2D eigenvalue weighted by Crippen LogP contribution is -2.37. The summed E-state index contributed by atoms with van der Waals surface area (Å²) in [5.74, 6) is -1.45. The number of aliphatic carboxylic acids is 1. The molecule has 0 bridgehead atoms. The van der Waals surface area contributed by atoms with Crippen LogP contribution in [0.2, 0.25) is 5.02 Å². The Morgan fingerprint density at radius 3 is 2.75 bits per heavy atom. The molecule has 12 heteroatoms. The molecule has 1 amide bonds. The number of carbonyl (C=O) groups is 2. The molecule has 0 aromatic heterocycles. The number of methoxy groups -OCH3 is 1. The van der Waals surface area contributed by atoms with Crippen LogP contribution in [0.25, 0.3) is 0 Å². The average Bonchev–Trinajstić information content (AvgIpc) is 3.05. The largest absolute Gasteiger partial charge is 0.495 e. The molecule has 1 N–H and O–H groups in total. The van der Waals surface area contributed by atoms with Crippen molar-refractivity contribution < 1.29 is 32.6 Å². The maximum Gasteiger partial charge on any atom is 0.329 e. The summed E-state index contributed by atoms with van der Waals surface area (Å²) in [7, 11) is -1.71. The number of amides is 1. The van der Waals surface area contributed by atoms with E-state index in [4.69, 9.17) is 26.2 Å². The van der Waals surface area contributed by atoms with Gasteiger partial charge in [-0.25, -0.2) is 13.2 Å². The van der Waals surface area contributed by atoms with Gasteiger partial charge in [-0.3, -0.25) is 4.79 Å². The van der Waals surface area contributed by atoms with Crippen LogP contribution in [0.4, 0.5) is 5.69 Å². The predicted molar refractivity (Wildman–Crippen MR) is 105 cm³/mol. The van der Waals surface area contributed by atoms with Gasteiger partial charge in [0.05, 0.1) is 29.7 Å². The molecule has 2 heterocycles. The van der Waals surface area contributed by atoms with Crippen LogP contribution in [0.15, 0.2) is 23.2 Å². The van der Waals surface area contributed by atoms with E-state index in [0.29, 0.717) is 21.6 Å². The van der Waals surface area contributed by atoms with Crippen molar-refractivity contribution in [3.8, 4) is 5.75 Å². The number of anilines is 1. The van der Waals surface area contributed by atoms with Gasteiger partial charge in [-0.2, -0.15) is 4.99 Å². The lowest BCUT2D eigenvalue weighted by Gasteiger charge is -2.25. The maximum atomic E-state index is 12.1. The van der Waals surface area contributed by atoms with Gasteiger partial charge in [-0.1, -0.05) is 23.4 Å². The van der Waals surface area contributed by atoms with Crippen molar-refractivity contribution >= 4 is 55.9 Å². The molecule has 3 rings (SSSR count). The minimum atomic E-state index is -3.20. The second-order valence-electron chi connectivity index (χ2n) is 6.16. The Labute approximate surface area is 170 Å². The van der Waals surface area contributed by atoms with Crippen LogP contribution in [0, 0.1) is 0 Å². The molecule has 0 aliphatic carbocycles. The van der Waals surface area contributed by atoms with E-state index in [1.54, 1.807) is 23.1 Å². The highest BCUT2D eigenvalue weighted by atomic mass is 35.5. The average molecular weight is 449 g/mol. The number of ether oxygens (including phenoxy) is 2. The quantitative estimate of drug-likeness (QED) is 0.680. The van der Waals surface area contributed by atoms with E-state index in [0.717, 1.165) is 0 Å². The summed E-state index contributed by atoms with van der Waals surface area (Å²) in [4.78, 5) is 28.2. The third kappa shape index (κ3) is 4.59. The molecule has 2 fully saturated rings. The number of amidine groups is 1. The Hall–Kier alpha value is -1.82. The molecule has 152 valence electrons. The second-order valence-corrected chi connectivity index (χ2v) is 9.93. The fraction of sp³-hybridized carbons (Fsp3) is 0.438. The second kappa shape index (κ2) is 8.27. The van der Waals surface area contributed by atoms with Crippen molar-refractivity contribution in [3.63, 3.8) is 0 Å². The lowest BCUT2D eigenvalue weighted by atomic mass is 10.2. The van der Waals surface area contributed by atoms with Gasteiger partial charge in [0.2, 0.25) is 0 Å². The Balaban J connectivity index is 1.89. The minimum Gasteiger partial charge on any atom is -0.495 e. The van der Waals surface area contributed by atoms with E-state index >= 15 is 0 Å². The molecule has 2 aliphatic heterocycles. The van der Waals surface area contributed by atoms with E-state index in [9.17, 15) is 18.0 Å². The zero-order chi connectivity index (χ0) is 20.5. The van der Waals surface area contributed by atoms with Crippen molar-refractivity contribution in [2.24, 2.45) is 4.99 Å². The van der Waals surface area contributed by atoms with Crippen molar-refractivity contribution in [1.29, 1.82) is 0 Å². The number of sulfone groups is 1. The van der Waals surface area contributed by atoms with E-state index in [-0.39, 0.29) is 22.8 Å². The Morgan fingerprint density at radius 2 is 2.11 bits per heavy atom. The summed E-state index contributed by atoms with van der Waals surface area (Å²) in [6.45, 7) is -1.09. The summed E-state index contributed by atoms with van der Waals surface area (Å²) in [5, 5.41) is 8.96. The molecule has 0 radical (unpaired) electrons. The number of rotatable bonds is 6. The first-order valence-electron chi connectivity index (χ1n) is 8.11. The fourth-order valence-electron chi connectivity index (χ4n) is 3.04.